The minimum absolute atomic E-state index is 0.518. The third kappa shape index (κ3) is 4.01. The van der Waals surface area contributed by atoms with Crippen LogP contribution in [0, 0.1) is 6.92 Å². The molecule has 0 spiro atoms. The molecular weight excluding hydrogens is 414 g/mol. The van der Waals surface area contributed by atoms with Gasteiger partial charge in [0.25, 0.3) is 0 Å². The van der Waals surface area contributed by atoms with Crippen LogP contribution in [0.25, 0.3) is 22.6 Å². The molecule has 0 bridgehead atoms. The van der Waals surface area contributed by atoms with Gasteiger partial charge in [0.2, 0.25) is 0 Å². The molecule has 8 nitrogen and oxygen atoms in total. The zero-order valence-corrected chi connectivity index (χ0v) is 18.1. The number of rotatable bonds is 5. The Balaban J connectivity index is 1.38. The van der Waals surface area contributed by atoms with Gasteiger partial charge in [-0.1, -0.05) is 41.0 Å². The second-order valence-corrected chi connectivity index (χ2v) is 8.24. The van der Waals surface area contributed by atoms with Gasteiger partial charge in [0.05, 0.1) is 22.6 Å². The van der Waals surface area contributed by atoms with Crippen molar-refractivity contribution in [1.29, 1.82) is 0 Å². The van der Waals surface area contributed by atoms with Gasteiger partial charge in [-0.2, -0.15) is 0 Å². The molecule has 1 saturated heterocycles. The molecule has 1 aliphatic heterocycles. The number of fused-ring (bicyclic) bond motifs is 1. The monoisotopic (exact) mass is 437 g/mol. The lowest BCUT2D eigenvalue weighted by molar-refractivity contribution is 0.242. The number of halogens is 1. The second kappa shape index (κ2) is 8.30. The number of anilines is 1. The topological polar surface area (TPSA) is 100 Å². The van der Waals surface area contributed by atoms with E-state index in [1.165, 1.54) is 0 Å². The SMILES string of the molecule is Cc1cc(CN2CCN(c3c(Cl)cnc4nc(-c5ccc(CN)cc5)[nH]c34)CC2)no1. The van der Waals surface area contributed by atoms with Crippen molar-refractivity contribution in [3.8, 4) is 11.4 Å². The molecule has 3 aromatic heterocycles. The van der Waals surface area contributed by atoms with Crippen molar-refractivity contribution in [3.63, 3.8) is 0 Å². The number of benzene rings is 1. The number of piperazine rings is 1. The first-order chi connectivity index (χ1) is 15.1. The van der Waals surface area contributed by atoms with Crippen LogP contribution in [-0.2, 0) is 13.1 Å². The zero-order chi connectivity index (χ0) is 21.4. The summed E-state index contributed by atoms with van der Waals surface area (Å²) in [6.45, 7) is 6.75. The van der Waals surface area contributed by atoms with Gasteiger partial charge in [0.1, 0.15) is 17.1 Å². The number of hydrogen-bond donors (Lipinski definition) is 2. The fraction of sp³-hybridized carbons (Fsp3) is 0.318. The Morgan fingerprint density at radius 3 is 2.61 bits per heavy atom. The lowest BCUT2D eigenvalue weighted by Crippen LogP contribution is -2.46. The summed E-state index contributed by atoms with van der Waals surface area (Å²) in [5.41, 5.74) is 11.2. The van der Waals surface area contributed by atoms with Gasteiger partial charge in [0.15, 0.2) is 5.65 Å². The van der Waals surface area contributed by atoms with E-state index in [4.69, 9.17) is 26.8 Å². The average Bonchev–Trinajstić information content (AvgIpc) is 3.40. The van der Waals surface area contributed by atoms with Gasteiger partial charge in [0, 0.05) is 50.9 Å². The van der Waals surface area contributed by atoms with Crippen LogP contribution in [0.15, 0.2) is 41.1 Å². The molecular formula is C22H24ClN7O. The lowest BCUT2D eigenvalue weighted by atomic mass is 10.1. The van der Waals surface area contributed by atoms with Crippen LogP contribution in [-0.4, -0.2) is 51.2 Å². The van der Waals surface area contributed by atoms with Gasteiger partial charge in [-0.15, -0.1) is 0 Å². The lowest BCUT2D eigenvalue weighted by Gasteiger charge is -2.36. The fourth-order valence-electron chi connectivity index (χ4n) is 4.02. The summed E-state index contributed by atoms with van der Waals surface area (Å²) in [6.07, 6.45) is 1.69. The van der Waals surface area contributed by atoms with Crippen LogP contribution >= 0.6 is 11.6 Å². The molecule has 5 rings (SSSR count). The number of aromatic amines is 1. The van der Waals surface area contributed by atoms with Crippen molar-refractivity contribution < 1.29 is 4.52 Å². The van der Waals surface area contributed by atoms with Gasteiger partial charge in [-0.25, -0.2) is 9.97 Å². The number of aryl methyl sites for hydroxylation is 1. The van der Waals surface area contributed by atoms with Gasteiger partial charge < -0.3 is 20.1 Å². The molecule has 0 radical (unpaired) electrons. The molecule has 160 valence electrons. The number of hydrogen-bond acceptors (Lipinski definition) is 7. The van der Waals surface area contributed by atoms with E-state index in [2.05, 4.69) is 24.9 Å². The molecule has 0 unspecified atom stereocenters. The Morgan fingerprint density at radius 2 is 1.94 bits per heavy atom. The number of aromatic nitrogens is 4. The Kier molecular flexibility index (Phi) is 5.35. The summed E-state index contributed by atoms with van der Waals surface area (Å²) < 4.78 is 5.18. The Hall–Kier alpha value is -2.94. The van der Waals surface area contributed by atoms with E-state index in [1.807, 2.05) is 37.3 Å². The van der Waals surface area contributed by atoms with Crippen molar-refractivity contribution in [1.82, 2.24) is 25.0 Å². The average molecular weight is 438 g/mol. The number of nitrogens with zero attached hydrogens (tertiary/aromatic N) is 5. The third-order valence-electron chi connectivity index (χ3n) is 5.66. The molecule has 3 N–H and O–H groups in total. The fourth-order valence-corrected chi connectivity index (χ4v) is 4.28. The van der Waals surface area contributed by atoms with Crippen LogP contribution in [0.4, 0.5) is 5.69 Å². The van der Waals surface area contributed by atoms with Crippen LogP contribution in [0.3, 0.4) is 0 Å². The van der Waals surface area contributed by atoms with E-state index in [1.54, 1.807) is 6.20 Å². The maximum absolute atomic E-state index is 6.60. The summed E-state index contributed by atoms with van der Waals surface area (Å²) in [4.78, 5) is 17.3. The van der Waals surface area contributed by atoms with Gasteiger partial charge in [-0.3, -0.25) is 4.90 Å². The molecule has 4 aromatic rings. The smallest absolute Gasteiger partial charge is 0.180 e. The Morgan fingerprint density at radius 1 is 1.16 bits per heavy atom. The molecule has 9 heteroatoms. The maximum atomic E-state index is 6.60. The van der Waals surface area contributed by atoms with Crippen LogP contribution in [0.2, 0.25) is 5.02 Å². The van der Waals surface area contributed by atoms with Crippen molar-refractivity contribution in [2.45, 2.75) is 20.0 Å². The second-order valence-electron chi connectivity index (χ2n) is 7.83. The highest BCUT2D eigenvalue weighted by Gasteiger charge is 2.23. The number of imidazole rings is 1. The third-order valence-corrected chi connectivity index (χ3v) is 5.94. The first kappa shape index (κ1) is 20.0. The summed E-state index contributed by atoms with van der Waals surface area (Å²) in [7, 11) is 0. The molecule has 0 amide bonds. The van der Waals surface area contributed by atoms with Gasteiger partial charge in [-0.05, 0) is 12.5 Å². The minimum atomic E-state index is 0.518. The molecule has 1 fully saturated rings. The molecule has 1 aromatic carbocycles. The Labute approximate surface area is 185 Å². The van der Waals surface area contributed by atoms with E-state index in [0.29, 0.717) is 17.2 Å². The maximum Gasteiger partial charge on any atom is 0.180 e. The highest BCUT2D eigenvalue weighted by molar-refractivity contribution is 6.34. The first-order valence-corrected chi connectivity index (χ1v) is 10.7. The van der Waals surface area contributed by atoms with Crippen LogP contribution in [0.1, 0.15) is 17.0 Å². The number of pyridine rings is 1. The molecule has 31 heavy (non-hydrogen) atoms. The van der Waals surface area contributed by atoms with Crippen molar-refractivity contribution in [2.24, 2.45) is 5.73 Å². The molecule has 4 heterocycles. The van der Waals surface area contributed by atoms with Gasteiger partial charge >= 0.3 is 0 Å². The predicted molar refractivity (Wildman–Crippen MR) is 121 cm³/mol. The van der Waals surface area contributed by atoms with Crippen molar-refractivity contribution in [3.05, 3.63) is 58.6 Å². The molecule has 0 saturated carbocycles. The van der Waals surface area contributed by atoms with E-state index in [-0.39, 0.29) is 0 Å². The zero-order valence-electron chi connectivity index (χ0n) is 17.3. The Bertz CT molecular complexity index is 1190. The van der Waals surface area contributed by atoms with E-state index >= 15 is 0 Å². The highest BCUT2D eigenvalue weighted by atomic mass is 35.5. The largest absolute Gasteiger partial charge is 0.366 e. The highest BCUT2D eigenvalue weighted by Crippen LogP contribution is 2.34. The summed E-state index contributed by atoms with van der Waals surface area (Å²) in [6, 6.07) is 10.1. The van der Waals surface area contributed by atoms with Crippen molar-refractivity contribution in [2.75, 3.05) is 31.1 Å². The summed E-state index contributed by atoms with van der Waals surface area (Å²) in [5, 5.41) is 4.73. The van der Waals surface area contributed by atoms with E-state index in [0.717, 1.165) is 72.3 Å². The molecule has 0 aliphatic carbocycles. The first-order valence-electron chi connectivity index (χ1n) is 10.3. The minimum Gasteiger partial charge on any atom is -0.366 e. The van der Waals surface area contributed by atoms with E-state index < -0.39 is 0 Å². The van der Waals surface area contributed by atoms with E-state index in [9.17, 15) is 0 Å². The van der Waals surface area contributed by atoms with Crippen molar-refractivity contribution >= 4 is 28.5 Å². The normalized spacial score (nSPS) is 15.1. The molecule has 0 atom stereocenters. The standard InChI is InChI=1S/C22H24ClN7O/c1-14-10-17(28-31-14)13-29-6-8-30(9-7-29)20-18(23)12-25-22-19(20)26-21(27-22)16-4-2-15(11-24)3-5-16/h2-5,10,12H,6-9,11,13,24H2,1H3,(H,25,26,27). The number of nitrogens with two attached hydrogens (primary N) is 1. The van der Waals surface area contributed by atoms with Crippen LogP contribution in [0.5, 0.6) is 0 Å². The summed E-state index contributed by atoms with van der Waals surface area (Å²) >= 11 is 6.60. The number of H-pyrrole nitrogens is 1. The predicted octanol–water partition coefficient (Wildman–Crippen LogP) is 3.36. The molecule has 1 aliphatic rings. The van der Waals surface area contributed by atoms with Crippen LogP contribution < -0.4 is 10.6 Å². The number of nitrogens with one attached hydrogen (secondary N) is 1. The summed E-state index contributed by atoms with van der Waals surface area (Å²) in [5.74, 6) is 1.61. The quantitative estimate of drug-likeness (QED) is 0.493.